The van der Waals surface area contributed by atoms with Crippen LogP contribution >= 0.6 is 11.8 Å². The van der Waals surface area contributed by atoms with Crippen molar-refractivity contribution in [3.63, 3.8) is 0 Å². The van der Waals surface area contributed by atoms with Gasteiger partial charge in [0.2, 0.25) is 0 Å². The van der Waals surface area contributed by atoms with Crippen LogP contribution in [0.5, 0.6) is 0 Å². The van der Waals surface area contributed by atoms with Crippen molar-refractivity contribution in [3.8, 4) is 6.07 Å². The van der Waals surface area contributed by atoms with Crippen LogP contribution in [0.2, 0.25) is 0 Å². The summed E-state index contributed by atoms with van der Waals surface area (Å²) in [4.78, 5) is 17.7. The number of nitrogens with zero attached hydrogens (tertiary/aromatic N) is 4. The number of aromatic nitrogens is 3. The molecule has 28 heavy (non-hydrogen) atoms. The molecule has 0 N–H and O–H groups in total. The van der Waals surface area contributed by atoms with Crippen molar-refractivity contribution in [3.05, 3.63) is 60.3 Å². The van der Waals surface area contributed by atoms with Crippen LogP contribution in [0.15, 0.2) is 59.9 Å². The van der Waals surface area contributed by atoms with E-state index in [0.717, 1.165) is 33.6 Å². The molecule has 0 fully saturated rings. The fourth-order valence-corrected chi connectivity index (χ4v) is 4.46. The summed E-state index contributed by atoms with van der Waals surface area (Å²) in [7, 11) is 0. The van der Waals surface area contributed by atoms with Gasteiger partial charge in [0.25, 0.3) is 0 Å². The van der Waals surface area contributed by atoms with Crippen LogP contribution in [0.1, 0.15) is 23.7 Å². The minimum Gasteiger partial charge on any atom is -0.346 e. The molecule has 0 aliphatic heterocycles. The number of rotatable bonds is 7. The SMILES string of the molecule is CCn1c(SCC(=O)c2cn(CCC#N)c3ccccc23)nc2ccccc21. The molecule has 6 heteroatoms. The van der Waals surface area contributed by atoms with E-state index in [1.54, 1.807) is 0 Å². The lowest BCUT2D eigenvalue weighted by molar-refractivity contribution is 0.102. The molecule has 2 aromatic carbocycles. The molecule has 4 aromatic rings. The van der Waals surface area contributed by atoms with Gasteiger partial charge in [0, 0.05) is 35.8 Å². The van der Waals surface area contributed by atoms with Gasteiger partial charge in [-0.05, 0) is 25.1 Å². The van der Waals surface area contributed by atoms with E-state index in [4.69, 9.17) is 5.26 Å². The highest BCUT2D eigenvalue weighted by molar-refractivity contribution is 7.99. The molecule has 0 bridgehead atoms. The summed E-state index contributed by atoms with van der Waals surface area (Å²) in [5, 5.41) is 10.7. The number of Topliss-reactive ketones (excluding diaryl/α,β-unsaturated/α-hetero) is 1. The molecule has 0 aliphatic carbocycles. The molecule has 0 amide bonds. The third kappa shape index (κ3) is 3.30. The maximum absolute atomic E-state index is 13.0. The summed E-state index contributed by atoms with van der Waals surface area (Å²) in [6, 6.07) is 18.1. The molecular formula is C22H20N4OS. The highest BCUT2D eigenvalue weighted by atomic mass is 32.2. The Balaban J connectivity index is 1.60. The van der Waals surface area contributed by atoms with Crippen LogP contribution in [0.4, 0.5) is 0 Å². The largest absolute Gasteiger partial charge is 0.346 e. The quantitative estimate of drug-likeness (QED) is 0.334. The first-order valence-corrected chi connectivity index (χ1v) is 10.3. The molecule has 0 radical (unpaired) electrons. The average Bonchev–Trinajstić information content (AvgIpc) is 3.28. The van der Waals surface area contributed by atoms with E-state index in [1.807, 2.05) is 53.2 Å². The number of para-hydroxylation sites is 3. The predicted molar refractivity (Wildman–Crippen MR) is 113 cm³/mol. The number of thioether (sulfide) groups is 1. The van der Waals surface area contributed by atoms with Gasteiger partial charge < -0.3 is 9.13 Å². The van der Waals surface area contributed by atoms with Gasteiger partial charge in [-0.25, -0.2) is 4.98 Å². The number of aryl methyl sites for hydroxylation is 2. The fraction of sp³-hybridized carbons (Fsp3) is 0.227. The Morgan fingerprint density at radius 1 is 1.14 bits per heavy atom. The second-order valence-electron chi connectivity index (χ2n) is 6.50. The minimum absolute atomic E-state index is 0.0756. The van der Waals surface area contributed by atoms with Gasteiger partial charge in [-0.3, -0.25) is 4.79 Å². The zero-order valence-electron chi connectivity index (χ0n) is 15.6. The second-order valence-corrected chi connectivity index (χ2v) is 7.44. The predicted octanol–water partition coefficient (Wildman–Crippen LogP) is 4.90. The van der Waals surface area contributed by atoms with E-state index in [-0.39, 0.29) is 5.78 Å². The third-order valence-electron chi connectivity index (χ3n) is 4.82. The highest BCUT2D eigenvalue weighted by Gasteiger charge is 2.17. The van der Waals surface area contributed by atoms with Gasteiger partial charge in [-0.2, -0.15) is 5.26 Å². The molecule has 0 aliphatic rings. The number of nitriles is 1. The smallest absolute Gasteiger partial charge is 0.175 e. The molecule has 5 nitrogen and oxygen atoms in total. The van der Waals surface area contributed by atoms with Crippen molar-refractivity contribution in [1.29, 1.82) is 5.26 Å². The Hall–Kier alpha value is -3.04. The van der Waals surface area contributed by atoms with E-state index in [1.165, 1.54) is 11.8 Å². The van der Waals surface area contributed by atoms with Crippen LogP contribution in [-0.2, 0) is 13.1 Å². The summed E-state index contributed by atoms with van der Waals surface area (Å²) >= 11 is 1.48. The lowest BCUT2D eigenvalue weighted by Crippen LogP contribution is -2.04. The number of imidazole rings is 1. The minimum atomic E-state index is 0.0756. The van der Waals surface area contributed by atoms with Crippen molar-refractivity contribution in [1.82, 2.24) is 14.1 Å². The third-order valence-corrected chi connectivity index (χ3v) is 5.80. The van der Waals surface area contributed by atoms with Crippen molar-refractivity contribution in [2.45, 2.75) is 31.6 Å². The summed E-state index contributed by atoms with van der Waals surface area (Å²) in [6.45, 7) is 3.48. The molecule has 0 saturated heterocycles. The van der Waals surface area contributed by atoms with E-state index in [0.29, 0.717) is 24.3 Å². The first kappa shape index (κ1) is 18.3. The Morgan fingerprint density at radius 3 is 2.68 bits per heavy atom. The van der Waals surface area contributed by atoms with Gasteiger partial charge in [0.15, 0.2) is 10.9 Å². The van der Waals surface area contributed by atoms with Crippen molar-refractivity contribution in [2.75, 3.05) is 5.75 Å². The Labute approximate surface area is 167 Å². The Kier molecular flexibility index (Phi) is 5.18. The summed E-state index contributed by atoms with van der Waals surface area (Å²) in [5.74, 6) is 0.405. The number of carbonyl (C=O) groups is 1. The Morgan fingerprint density at radius 2 is 1.89 bits per heavy atom. The number of benzene rings is 2. The molecule has 4 rings (SSSR count). The zero-order valence-corrected chi connectivity index (χ0v) is 16.4. The second kappa shape index (κ2) is 7.91. The van der Waals surface area contributed by atoms with E-state index in [9.17, 15) is 4.79 Å². The molecule has 2 aromatic heterocycles. The molecule has 0 unspecified atom stereocenters. The molecule has 0 saturated carbocycles. The normalized spacial score (nSPS) is 11.1. The van der Waals surface area contributed by atoms with Gasteiger partial charge in [-0.15, -0.1) is 0 Å². The van der Waals surface area contributed by atoms with Crippen LogP contribution in [-0.4, -0.2) is 25.7 Å². The van der Waals surface area contributed by atoms with Crippen molar-refractivity contribution in [2.24, 2.45) is 0 Å². The number of carbonyl (C=O) groups excluding carboxylic acids is 1. The van der Waals surface area contributed by atoms with Crippen LogP contribution in [0.25, 0.3) is 21.9 Å². The topological polar surface area (TPSA) is 63.6 Å². The van der Waals surface area contributed by atoms with Gasteiger partial charge in [0.05, 0.1) is 29.3 Å². The van der Waals surface area contributed by atoms with Crippen LogP contribution < -0.4 is 0 Å². The highest BCUT2D eigenvalue weighted by Crippen LogP contribution is 2.27. The van der Waals surface area contributed by atoms with Gasteiger partial charge in [-0.1, -0.05) is 42.1 Å². The first-order valence-electron chi connectivity index (χ1n) is 9.29. The molecule has 2 heterocycles. The summed E-state index contributed by atoms with van der Waals surface area (Å²) in [6.07, 6.45) is 2.30. The number of hydrogen-bond donors (Lipinski definition) is 0. The molecule has 0 atom stereocenters. The van der Waals surface area contributed by atoms with Crippen molar-refractivity contribution >= 4 is 39.5 Å². The summed E-state index contributed by atoms with van der Waals surface area (Å²) in [5.41, 5.74) is 3.74. The molecule has 140 valence electrons. The van der Waals surface area contributed by atoms with E-state index in [2.05, 4.69) is 28.6 Å². The van der Waals surface area contributed by atoms with Crippen LogP contribution in [0.3, 0.4) is 0 Å². The standard InChI is InChI=1S/C22H20N4OS/c1-2-26-20-11-6-4-9-18(20)24-22(26)28-15-21(27)17-14-25(13-7-12-23)19-10-5-3-8-16(17)19/h3-6,8-11,14H,2,7,13,15H2,1H3. The number of fused-ring (bicyclic) bond motifs is 2. The lowest BCUT2D eigenvalue weighted by Gasteiger charge is -2.05. The van der Waals surface area contributed by atoms with Crippen LogP contribution in [0, 0.1) is 11.3 Å². The monoisotopic (exact) mass is 388 g/mol. The maximum atomic E-state index is 13.0. The first-order chi connectivity index (χ1) is 13.7. The zero-order chi connectivity index (χ0) is 19.5. The van der Waals surface area contributed by atoms with Gasteiger partial charge in [0.1, 0.15) is 0 Å². The Bertz CT molecular complexity index is 1200. The summed E-state index contributed by atoms with van der Waals surface area (Å²) < 4.78 is 4.14. The fourth-order valence-electron chi connectivity index (χ4n) is 3.50. The number of ketones is 1. The van der Waals surface area contributed by atoms with E-state index >= 15 is 0 Å². The number of hydrogen-bond acceptors (Lipinski definition) is 4. The molecule has 0 spiro atoms. The van der Waals surface area contributed by atoms with Gasteiger partial charge >= 0.3 is 0 Å². The lowest BCUT2D eigenvalue weighted by atomic mass is 10.1. The maximum Gasteiger partial charge on any atom is 0.175 e. The van der Waals surface area contributed by atoms with E-state index < -0.39 is 0 Å². The molecular weight excluding hydrogens is 368 g/mol. The average molecular weight is 388 g/mol. The van der Waals surface area contributed by atoms with Crippen molar-refractivity contribution < 1.29 is 4.79 Å².